The summed E-state index contributed by atoms with van der Waals surface area (Å²) >= 11 is 0. The van der Waals surface area contributed by atoms with Crippen LogP contribution in [0.25, 0.3) is 10.8 Å². The van der Waals surface area contributed by atoms with Gasteiger partial charge in [-0.3, -0.25) is 9.69 Å². The molecule has 1 aliphatic heterocycles. The number of aliphatic carboxylic acids is 1. The van der Waals surface area contributed by atoms with Gasteiger partial charge in [0.05, 0.1) is 4.90 Å². The van der Waals surface area contributed by atoms with E-state index in [9.17, 15) is 18.3 Å². The van der Waals surface area contributed by atoms with E-state index in [0.717, 1.165) is 10.9 Å². The summed E-state index contributed by atoms with van der Waals surface area (Å²) in [4.78, 5) is 14.1. The van der Waals surface area contributed by atoms with E-state index in [1.54, 1.807) is 12.1 Å². The molecule has 1 aliphatic rings. The quantitative estimate of drug-likeness (QED) is 0.613. The number of piperazine rings is 1. The Kier molecular flexibility index (Phi) is 6.36. The number of nitrogens with zero attached hydrogens (tertiary/aromatic N) is 2. The van der Waals surface area contributed by atoms with E-state index in [2.05, 4.69) is 0 Å². The fourth-order valence-electron chi connectivity index (χ4n) is 4.23. The third-order valence-corrected chi connectivity index (χ3v) is 7.87. The van der Waals surface area contributed by atoms with Crippen molar-refractivity contribution in [2.45, 2.75) is 23.8 Å². The third-order valence-electron chi connectivity index (χ3n) is 5.92. The van der Waals surface area contributed by atoms with Crippen LogP contribution in [0.5, 0.6) is 0 Å². The van der Waals surface area contributed by atoms with E-state index < -0.39 is 22.0 Å². The van der Waals surface area contributed by atoms with E-state index >= 15 is 0 Å². The van der Waals surface area contributed by atoms with Crippen molar-refractivity contribution in [3.05, 3.63) is 78.4 Å². The lowest BCUT2D eigenvalue weighted by molar-refractivity contribution is -0.144. The zero-order valence-corrected chi connectivity index (χ0v) is 18.0. The molecular formula is C24H26N2O4S. The second-order valence-corrected chi connectivity index (χ2v) is 9.70. The van der Waals surface area contributed by atoms with Gasteiger partial charge in [0.1, 0.15) is 6.04 Å². The van der Waals surface area contributed by atoms with Gasteiger partial charge in [-0.15, -0.1) is 0 Å². The summed E-state index contributed by atoms with van der Waals surface area (Å²) in [7, 11) is -3.65. The van der Waals surface area contributed by atoms with Crippen molar-refractivity contribution >= 4 is 26.8 Å². The van der Waals surface area contributed by atoms with Crippen LogP contribution in [0, 0.1) is 0 Å². The normalized spacial score (nSPS) is 16.9. The van der Waals surface area contributed by atoms with Crippen molar-refractivity contribution in [1.29, 1.82) is 0 Å². The van der Waals surface area contributed by atoms with Gasteiger partial charge in [-0.05, 0) is 29.9 Å². The topological polar surface area (TPSA) is 77.9 Å². The lowest BCUT2D eigenvalue weighted by Crippen LogP contribution is -2.54. The number of sulfonamides is 1. The Hall–Kier alpha value is -2.74. The highest BCUT2D eigenvalue weighted by molar-refractivity contribution is 7.89. The molecule has 0 amide bonds. The Morgan fingerprint density at radius 1 is 0.871 bits per heavy atom. The Morgan fingerprint density at radius 3 is 2.23 bits per heavy atom. The smallest absolute Gasteiger partial charge is 0.320 e. The minimum atomic E-state index is -3.65. The van der Waals surface area contributed by atoms with Crippen LogP contribution in [0.3, 0.4) is 0 Å². The first kappa shape index (κ1) is 21.5. The predicted octanol–water partition coefficient (Wildman–Crippen LogP) is 3.23. The van der Waals surface area contributed by atoms with E-state index in [1.807, 2.05) is 65.6 Å². The van der Waals surface area contributed by atoms with Gasteiger partial charge < -0.3 is 5.11 Å². The Labute approximate surface area is 182 Å². The van der Waals surface area contributed by atoms with E-state index in [-0.39, 0.29) is 13.1 Å². The molecule has 0 saturated carbocycles. The first-order valence-corrected chi connectivity index (χ1v) is 11.9. The predicted molar refractivity (Wildman–Crippen MR) is 120 cm³/mol. The van der Waals surface area contributed by atoms with Crippen LogP contribution in [-0.4, -0.2) is 60.9 Å². The molecule has 3 aromatic rings. The Balaban J connectivity index is 1.46. The van der Waals surface area contributed by atoms with Crippen molar-refractivity contribution in [2.75, 3.05) is 26.2 Å². The molecule has 0 bridgehead atoms. The molecule has 1 atom stereocenters. The van der Waals surface area contributed by atoms with Crippen LogP contribution >= 0.6 is 0 Å². The van der Waals surface area contributed by atoms with Gasteiger partial charge in [0.15, 0.2) is 0 Å². The molecule has 3 aromatic carbocycles. The molecule has 0 aliphatic carbocycles. The minimum Gasteiger partial charge on any atom is -0.480 e. The molecule has 31 heavy (non-hydrogen) atoms. The lowest BCUT2D eigenvalue weighted by atomic mass is 10.0. The van der Waals surface area contributed by atoms with Gasteiger partial charge in [0.2, 0.25) is 10.0 Å². The number of carboxylic acids is 1. The lowest BCUT2D eigenvalue weighted by Gasteiger charge is -2.37. The molecule has 4 rings (SSSR count). The minimum absolute atomic E-state index is 0.278. The van der Waals surface area contributed by atoms with Crippen LogP contribution in [0.1, 0.15) is 12.0 Å². The van der Waals surface area contributed by atoms with Gasteiger partial charge in [-0.1, -0.05) is 66.7 Å². The maximum Gasteiger partial charge on any atom is 0.320 e. The number of hydrogen-bond donors (Lipinski definition) is 1. The number of hydrogen-bond acceptors (Lipinski definition) is 4. The molecule has 6 nitrogen and oxygen atoms in total. The summed E-state index contributed by atoms with van der Waals surface area (Å²) < 4.78 is 28.1. The highest BCUT2D eigenvalue weighted by Gasteiger charge is 2.34. The number of rotatable bonds is 7. The molecule has 1 N–H and O–H groups in total. The Morgan fingerprint density at radius 2 is 1.52 bits per heavy atom. The maximum absolute atomic E-state index is 13.3. The monoisotopic (exact) mass is 438 g/mol. The molecule has 1 unspecified atom stereocenters. The molecule has 0 radical (unpaired) electrons. The third kappa shape index (κ3) is 4.63. The molecule has 0 spiro atoms. The SMILES string of the molecule is O=C(O)C(CCc1ccccc1)N1CCN(S(=O)(=O)c2cccc3ccccc23)CC1. The van der Waals surface area contributed by atoms with Gasteiger partial charge in [0.25, 0.3) is 0 Å². The maximum atomic E-state index is 13.3. The highest BCUT2D eigenvalue weighted by Crippen LogP contribution is 2.27. The number of carbonyl (C=O) groups is 1. The zero-order valence-electron chi connectivity index (χ0n) is 17.2. The average molecular weight is 439 g/mol. The van der Waals surface area contributed by atoms with Crippen molar-refractivity contribution in [1.82, 2.24) is 9.21 Å². The molecule has 162 valence electrons. The summed E-state index contributed by atoms with van der Waals surface area (Å²) in [5, 5.41) is 11.3. The Bertz CT molecular complexity index is 1150. The first-order chi connectivity index (χ1) is 15.0. The van der Waals surface area contributed by atoms with Crippen LogP contribution in [0.15, 0.2) is 77.7 Å². The van der Waals surface area contributed by atoms with Crippen molar-refractivity contribution in [2.24, 2.45) is 0 Å². The molecular weight excluding hydrogens is 412 g/mol. The molecule has 7 heteroatoms. The molecule has 1 fully saturated rings. The molecule has 0 aromatic heterocycles. The van der Waals surface area contributed by atoms with Crippen LogP contribution < -0.4 is 0 Å². The van der Waals surface area contributed by atoms with Gasteiger partial charge in [-0.2, -0.15) is 4.31 Å². The van der Waals surface area contributed by atoms with Crippen molar-refractivity contribution < 1.29 is 18.3 Å². The molecule has 1 saturated heterocycles. The van der Waals surface area contributed by atoms with Crippen molar-refractivity contribution in [3.8, 4) is 0 Å². The van der Waals surface area contributed by atoms with Crippen LogP contribution in [0.2, 0.25) is 0 Å². The van der Waals surface area contributed by atoms with E-state index in [1.165, 1.54) is 4.31 Å². The van der Waals surface area contributed by atoms with Crippen molar-refractivity contribution in [3.63, 3.8) is 0 Å². The number of carboxylic acid groups (broad SMARTS) is 1. The summed E-state index contributed by atoms with van der Waals surface area (Å²) in [6.45, 7) is 1.35. The summed E-state index contributed by atoms with van der Waals surface area (Å²) in [5.41, 5.74) is 1.10. The fourth-order valence-corrected chi connectivity index (χ4v) is 5.86. The summed E-state index contributed by atoms with van der Waals surface area (Å²) in [6.07, 6.45) is 1.17. The fraction of sp³-hybridized carbons (Fsp3) is 0.292. The van der Waals surface area contributed by atoms with Gasteiger partial charge in [0, 0.05) is 31.6 Å². The first-order valence-electron chi connectivity index (χ1n) is 10.5. The van der Waals surface area contributed by atoms with E-state index in [4.69, 9.17) is 0 Å². The largest absolute Gasteiger partial charge is 0.480 e. The highest BCUT2D eigenvalue weighted by atomic mass is 32.2. The second-order valence-electron chi connectivity index (χ2n) is 7.80. The average Bonchev–Trinajstić information content (AvgIpc) is 2.79. The number of aryl methyl sites for hydroxylation is 1. The molecule has 1 heterocycles. The standard InChI is InChI=1S/C24H26N2O4S/c27-24(28)22(14-13-19-7-2-1-3-8-19)25-15-17-26(18-16-25)31(29,30)23-12-6-10-20-9-4-5-11-21(20)23/h1-12,22H,13-18H2,(H,27,28). The van der Waals surface area contributed by atoms with Crippen LogP contribution in [-0.2, 0) is 21.2 Å². The van der Waals surface area contributed by atoms with Gasteiger partial charge in [-0.25, -0.2) is 8.42 Å². The second kappa shape index (κ2) is 9.18. The number of benzene rings is 3. The number of fused-ring (bicyclic) bond motifs is 1. The van der Waals surface area contributed by atoms with E-state index in [0.29, 0.717) is 36.2 Å². The zero-order chi connectivity index (χ0) is 21.8. The summed E-state index contributed by atoms with van der Waals surface area (Å²) in [5.74, 6) is -0.860. The summed E-state index contributed by atoms with van der Waals surface area (Å²) in [6, 6.07) is 21.9. The van der Waals surface area contributed by atoms with Gasteiger partial charge >= 0.3 is 5.97 Å². The van der Waals surface area contributed by atoms with Crippen LogP contribution in [0.4, 0.5) is 0 Å².